The second kappa shape index (κ2) is 6.55. The van der Waals surface area contributed by atoms with Gasteiger partial charge >= 0.3 is 0 Å². The Morgan fingerprint density at radius 1 is 1.05 bits per heavy atom. The van der Waals surface area contributed by atoms with E-state index in [1.54, 1.807) is 12.1 Å². The molecule has 0 aliphatic rings. The monoisotopic (exact) mass is 252 g/mol. The molecule has 2 heteroatoms. The van der Waals surface area contributed by atoms with Crippen molar-refractivity contribution in [3.8, 4) is 5.75 Å². The summed E-state index contributed by atoms with van der Waals surface area (Å²) in [7, 11) is 0. The van der Waals surface area contributed by atoms with E-state index in [1.165, 1.54) is 0 Å². The van der Waals surface area contributed by atoms with Gasteiger partial charge in [0.2, 0.25) is 0 Å². The van der Waals surface area contributed by atoms with Crippen molar-refractivity contribution in [2.75, 3.05) is 6.61 Å². The van der Waals surface area contributed by atoms with Crippen LogP contribution in [-0.2, 0) is 0 Å². The lowest BCUT2D eigenvalue weighted by molar-refractivity contribution is 0.0921. The molecule has 0 saturated carbocycles. The average molecular weight is 252 g/mol. The largest absolute Gasteiger partial charge is 0.485 e. The molecule has 2 rings (SSSR count). The number of Topliss-reactive ketones (excluding diaryl/α,β-unsaturated/α-hetero) is 1. The van der Waals surface area contributed by atoms with Crippen molar-refractivity contribution in [3.63, 3.8) is 0 Å². The molecule has 0 bridgehead atoms. The summed E-state index contributed by atoms with van der Waals surface area (Å²) in [6.45, 7) is 2.00. The van der Waals surface area contributed by atoms with Crippen LogP contribution in [0, 0.1) is 0 Å². The zero-order valence-electron chi connectivity index (χ0n) is 10.9. The van der Waals surface area contributed by atoms with Gasteiger partial charge in [-0.15, -0.1) is 0 Å². The first kappa shape index (κ1) is 13.1. The van der Waals surface area contributed by atoms with Crippen molar-refractivity contribution in [3.05, 3.63) is 71.8 Å². The van der Waals surface area contributed by atoms with Crippen molar-refractivity contribution >= 4 is 11.9 Å². The third kappa shape index (κ3) is 3.55. The molecule has 2 aromatic rings. The zero-order valence-corrected chi connectivity index (χ0v) is 10.9. The van der Waals surface area contributed by atoms with Gasteiger partial charge in [-0.2, -0.15) is 0 Å². The Bertz CT molecular complexity index is 571. The fraction of sp³-hybridized carbons (Fsp3) is 0.118. The normalized spacial score (nSPS) is 10.6. The van der Waals surface area contributed by atoms with E-state index in [0.717, 1.165) is 11.3 Å². The van der Waals surface area contributed by atoms with E-state index in [-0.39, 0.29) is 12.4 Å². The molecule has 0 unspecified atom stereocenters. The first-order valence-corrected chi connectivity index (χ1v) is 6.24. The Hall–Kier alpha value is -2.35. The fourth-order valence-electron chi connectivity index (χ4n) is 1.78. The standard InChI is InChI=1S/C17H16O2/c1-2-8-15-11-6-7-12-17(15)19-13-16(18)14-9-4-3-5-10-14/h2-12H,13H2,1H3/b8-2+. The number of allylic oxidation sites excluding steroid dienone is 1. The molecule has 0 radical (unpaired) electrons. The van der Waals surface area contributed by atoms with Gasteiger partial charge < -0.3 is 4.74 Å². The van der Waals surface area contributed by atoms with Gasteiger partial charge in [-0.05, 0) is 13.0 Å². The van der Waals surface area contributed by atoms with Gasteiger partial charge in [-0.25, -0.2) is 0 Å². The van der Waals surface area contributed by atoms with Crippen molar-refractivity contribution in [1.82, 2.24) is 0 Å². The van der Waals surface area contributed by atoms with Crippen molar-refractivity contribution in [1.29, 1.82) is 0 Å². The number of para-hydroxylation sites is 1. The molecule has 96 valence electrons. The van der Waals surface area contributed by atoms with E-state index >= 15 is 0 Å². The number of carbonyl (C=O) groups excluding carboxylic acids is 1. The smallest absolute Gasteiger partial charge is 0.200 e. The Morgan fingerprint density at radius 3 is 2.47 bits per heavy atom. The van der Waals surface area contributed by atoms with E-state index in [2.05, 4.69) is 0 Å². The summed E-state index contributed by atoms with van der Waals surface area (Å²) in [5.41, 5.74) is 1.65. The number of rotatable bonds is 5. The molecule has 0 spiro atoms. The summed E-state index contributed by atoms with van der Waals surface area (Å²) in [6.07, 6.45) is 3.91. The number of benzene rings is 2. The number of ketones is 1. The highest BCUT2D eigenvalue weighted by molar-refractivity contribution is 5.97. The summed E-state index contributed by atoms with van der Waals surface area (Å²) < 4.78 is 5.61. The van der Waals surface area contributed by atoms with Crippen LogP contribution in [0.5, 0.6) is 5.75 Å². The molecule has 0 atom stereocenters. The minimum atomic E-state index is -0.0177. The van der Waals surface area contributed by atoms with Crippen LogP contribution in [-0.4, -0.2) is 12.4 Å². The summed E-state index contributed by atoms with van der Waals surface area (Å²) in [5.74, 6) is 0.709. The first-order chi connectivity index (χ1) is 9.31. The van der Waals surface area contributed by atoms with Crippen molar-refractivity contribution < 1.29 is 9.53 Å². The van der Waals surface area contributed by atoms with Gasteiger partial charge in [0.05, 0.1) is 0 Å². The number of ether oxygens (including phenoxy) is 1. The molecule has 0 N–H and O–H groups in total. The molecule has 0 aliphatic carbocycles. The third-order valence-corrected chi connectivity index (χ3v) is 2.72. The molecule has 0 saturated heterocycles. The number of carbonyl (C=O) groups is 1. The van der Waals surface area contributed by atoms with Gasteiger partial charge in [-0.1, -0.05) is 60.7 Å². The van der Waals surface area contributed by atoms with Crippen LogP contribution >= 0.6 is 0 Å². The minimum absolute atomic E-state index is 0.0177. The van der Waals surface area contributed by atoms with E-state index < -0.39 is 0 Å². The summed E-state index contributed by atoms with van der Waals surface area (Å²) in [4.78, 5) is 11.9. The third-order valence-electron chi connectivity index (χ3n) is 2.72. The number of hydrogen-bond acceptors (Lipinski definition) is 2. The Morgan fingerprint density at radius 2 is 1.74 bits per heavy atom. The zero-order chi connectivity index (χ0) is 13.5. The van der Waals surface area contributed by atoms with E-state index in [0.29, 0.717) is 5.56 Å². The molecule has 19 heavy (non-hydrogen) atoms. The van der Waals surface area contributed by atoms with Gasteiger partial charge in [0.25, 0.3) is 0 Å². The van der Waals surface area contributed by atoms with Crippen LogP contribution in [0.4, 0.5) is 0 Å². The van der Waals surface area contributed by atoms with Gasteiger partial charge in [0.1, 0.15) is 5.75 Å². The maximum atomic E-state index is 11.9. The maximum Gasteiger partial charge on any atom is 0.200 e. The van der Waals surface area contributed by atoms with Crippen molar-refractivity contribution in [2.24, 2.45) is 0 Å². The molecular weight excluding hydrogens is 236 g/mol. The van der Waals surface area contributed by atoms with Crippen LogP contribution in [0.1, 0.15) is 22.8 Å². The predicted molar refractivity (Wildman–Crippen MR) is 77.4 cm³/mol. The van der Waals surface area contributed by atoms with Crippen LogP contribution in [0.25, 0.3) is 6.08 Å². The lowest BCUT2D eigenvalue weighted by atomic mass is 10.1. The second-order valence-corrected chi connectivity index (χ2v) is 4.12. The number of hydrogen-bond donors (Lipinski definition) is 0. The average Bonchev–Trinajstić information content (AvgIpc) is 2.47. The Kier molecular flexibility index (Phi) is 4.51. The lowest BCUT2D eigenvalue weighted by Gasteiger charge is -2.08. The van der Waals surface area contributed by atoms with Crippen LogP contribution in [0.15, 0.2) is 60.7 Å². The molecule has 0 aromatic heterocycles. The van der Waals surface area contributed by atoms with E-state index in [9.17, 15) is 4.79 Å². The fourth-order valence-corrected chi connectivity index (χ4v) is 1.78. The van der Waals surface area contributed by atoms with E-state index in [4.69, 9.17) is 4.74 Å². The summed E-state index contributed by atoms with van der Waals surface area (Å²) in [5, 5.41) is 0. The highest BCUT2D eigenvalue weighted by Gasteiger charge is 2.07. The molecule has 2 nitrogen and oxygen atoms in total. The highest BCUT2D eigenvalue weighted by atomic mass is 16.5. The van der Waals surface area contributed by atoms with Gasteiger partial charge in [-0.3, -0.25) is 4.79 Å². The van der Waals surface area contributed by atoms with Crippen LogP contribution in [0.2, 0.25) is 0 Å². The molecule has 0 aliphatic heterocycles. The minimum Gasteiger partial charge on any atom is -0.485 e. The Labute approximate surface area is 113 Å². The summed E-state index contributed by atoms with van der Waals surface area (Å²) in [6, 6.07) is 16.8. The van der Waals surface area contributed by atoms with Crippen LogP contribution < -0.4 is 4.74 Å². The second-order valence-electron chi connectivity index (χ2n) is 4.12. The molecule has 0 fully saturated rings. The van der Waals surface area contributed by atoms with Crippen molar-refractivity contribution in [2.45, 2.75) is 6.92 Å². The lowest BCUT2D eigenvalue weighted by Crippen LogP contribution is -2.11. The first-order valence-electron chi connectivity index (χ1n) is 6.24. The molecule has 2 aromatic carbocycles. The SMILES string of the molecule is C/C=C/c1ccccc1OCC(=O)c1ccccc1. The molecule has 0 heterocycles. The quantitative estimate of drug-likeness (QED) is 0.752. The van der Waals surface area contributed by atoms with Gasteiger partial charge in [0, 0.05) is 11.1 Å². The highest BCUT2D eigenvalue weighted by Crippen LogP contribution is 2.19. The van der Waals surface area contributed by atoms with Crippen LogP contribution in [0.3, 0.4) is 0 Å². The Balaban J connectivity index is 2.05. The predicted octanol–water partition coefficient (Wildman–Crippen LogP) is 3.98. The maximum absolute atomic E-state index is 11.9. The summed E-state index contributed by atoms with van der Waals surface area (Å²) >= 11 is 0. The molecular formula is C17H16O2. The van der Waals surface area contributed by atoms with E-state index in [1.807, 2.05) is 61.5 Å². The molecule has 0 amide bonds. The van der Waals surface area contributed by atoms with Gasteiger partial charge in [0.15, 0.2) is 12.4 Å². The topological polar surface area (TPSA) is 26.3 Å².